The lowest BCUT2D eigenvalue weighted by atomic mass is 10.1. The Morgan fingerprint density at radius 2 is 2.21 bits per heavy atom. The number of hydrogen-bond acceptors (Lipinski definition) is 2. The lowest BCUT2D eigenvalue weighted by Crippen LogP contribution is -2.30. The highest BCUT2D eigenvalue weighted by molar-refractivity contribution is 5.93. The van der Waals surface area contributed by atoms with Gasteiger partial charge in [0, 0.05) is 24.6 Å². The molecule has 0 aliphatic carbocycles. The Labute approximate surface area is 85.4 Å². The number of β-amino-alcohol motifs (C(OH)–C–C–N with tert-alkyl or cyclic N) is 1. The number of carbonyl (C=O) groups excluding carboxylic acids is 1. The summed E-state index contributed by atoms with van der Waals surface area (Å²) in [4.78, 5) is 13.5. The van der Waals surface area contributed by atoms with Crippen LogP contribution in [0, 0.1) is 5.92 Å². The van der Waals surface area contributed by atoms with Gasteiger partial charge in [-0.05, 0) is 13.3 Å². The minimum absolute atomic E-state index is 0.0650. The molecule has 14 heavy (non-hydrogen) atoms. The molecule has 0 radical (unpaired) electrons. The van der Waals surface area contributed by atoms with E-state index in [0.717, 1.165) is 12.0 Å². The summed E-state index contributed by atoms with van der Waals surface area (Å²) < 4.78 is 0. The van der Waals surface area contributed by atoms with E-state index >= 15 is 0 Å². The molecule has 1 fully saturated rings. The van der Waals surface area contributed by atoms with Crippen molar-refractivity contribution in [2.45, 2.75) is 33.3 Å². The van der Waals surface area contributed by atoms with Gasteiger partial charge in [-0.25, -0.2) is 0 Å². The van der Waals surface area contributed by atoms with Crippen molar-refractivity contribution in [2.75, 3.05) is 13.1 Å². The maximum absolute atomic E-state index is 11.8. The molecule has 0 aromatic carbocycles. The standard InChI is InChI=1S/C11H19NO2/c1-4-5-8(2)11(14)12-6-9(3)10(13)7-12/h5,9-10,13H,4,6-7H2,1-3H3/b8-5-. The highest BCUT2D eigenvalue weighted by Gasteiger charge is 2.30. The van der Waals surface area contributed by atoms with E-state index in [1.165, 1.54) is 0 Å². The van der Waals surface area contributed by atoms with Gasteiger partial charge >= 0.3 is 0 Å². The van der Waals surface area contributed by atoms with Crippen molar-refractivity contribution in [3.8, 4) is 0 Å². The Morgan fingerprint density at radius 3 is 2.64 bits per heavy atom. The van der Waals surface area contributed by atoms with Gasteiger partial charge in [-0.3, -0.25) is 4.79 Å². The minimum Gasteiger partial charge on any atom is -0.391 e. The normalized spacial score (nSPS) is 28.3. The van der Waals surface area contributed by atoms with E-state index in [2.05, 4.69) is 0 Å². The number of rotatable bonds is 2. The molecular formula is C11H19NO2. The van der Waals surface area contributed by atoms with Crippen molar-refractivity contribution in [1.29, 1.82) is 0 Å². The molecule has 2 atom stereocenters. The Balaban J connectivity index is 2.59. The summed E-state index contributed by atoms with van der Waals surface area (Å²) in [5.74, 6) is 0.267. The van der Waals surface area contributed by atoms with Gasteiger partial charge in [0.1, 0.15) is 0 Å². The molecule has 1 saturated heterocycles. The Bertz CT molecular complexity index is 238. The third kappa shape index (κ3) is 2.35. The molecule has 0 aromatic heterocycles. The zero-order valence-corrected chi connectivity index (χ0v) is 9.16. The molecule has 1 N–H and O–H groups in total. The second-order valence-corrected chi connectivity index (χ2v) is 4.05. The highest BCUT2D eigenvalue weighted by atomic mass is 16.3. The fourth-order valence-electron chi connectivity index (χ4n) is 1.76. The van der Waals surface area contributed by atoms with Gasteiger partial charge in [0.05, 0.1) is 6.10 Å². The van der Waals surface area contributed by atoms with E-state index in [1.54, 1.807) is 4.90 Å². The third-order valence-electron chi connectivity index (χ3n) is 2.71. The molecular weight excluding hydrogens is 178 g/mol. The first-order valence-electron chi connectivity index (χ1n) is 5.20. The maximum atomic E-state index is 11.8. The lowest BCUT2D eigenvalue weighted by Gasteiger charge is -2.15. The van der Waals surface area contributed by atoms with Crippen LogP contribution in [-0.2, 0) is 4.79 Å². The minimum atomic E-state index is -0.353. The molecule has 0 spiro atoms. The van der Waals surface area contributed by atoms with Crippen LogP contribution in [0.4, 0.5) is 0 Å². The molecule has 1 rings (SSSR count). The highest BCUT2D eigenvalue weighted by Crippen LogP contribution is 2.18. The van der Waals surface area contributed by atoms with Gasteiger partial charge in [0.15, 0.2) is 0 Å². The number of carbonyl (C=O) groups is 1. The molecule has 3 nitrogen and oxygen atoms in total. The molecule has 80 valence electrons. The molecule has 1 aliphatic heterocycles. The van der Waals surface area contributed by atoms with Crippen LogP contribution in [0.5, 0.6) is 0 Å². The second-order valence-electron chi connectivity index (χ2n) is 4.05. The Hall–Kier alpha value is -0.830. The van der Waals surface area contributed by atoms with Crippen LogP contribution in [0.25, 0.3) is 0 Å². The van der Waals surface area contributed by atoms with Crippen LogP contribution in [-0.4, -0.2) is 35.1 Å². The molecule has 0 saturated carbocycles. The molecule has 1 heterocycles. The van der Waals surface area contributed by atoms with Crippen LogP contribution >= 0.6 is 0 Å². The summed E-state index contributed by atoms with van der Waals surface area (Å²) >= 11 is 0. The molecule has 1 aliphatic rings. The summed E-state index contributed by atoms with van der Waals surface area (Å²) in [6.07, 6.45) is 2.45. The van der Waals surface area contributed by atoms with E-state index in [1.807, 2.05) is 26.8 Å². The zero-order valence-electron chi connectivity index (χ0n) is 9.16. The summed E-state index contributed by atoms with van der Waals surface area (Å²) in [6, 6.07) is 0. The van der Waals surface area contributed by atoms with Crippen LogP contribution in [0.15, 0.2) is 11.6 Å². The van der Waals surface area contributed by atoms with Crippen molar-refractivity contribution >= 4 is 5.91 Å². The Kier molecular flexibility index (Phi) is 3.69. The van der Waals surface area contributed by atoms with Crippen LogP contribution in [0.3, 0.4) is 0 Å². The van der Waals surface area contributed by atoms with Gasteiger partial charge < -0.3 is 10.0 Å². The maximum Gasteiger partial charge on any atom is 0.249 e. The van der Waals surface area contributed by atoms with E-state index in [9.17, 15) is 9.90 Å². The molecule has 1 amide bonds. The molecule has 0 aromatic rings. The predicted molar refractivity (Wildman–Crippen MR) is 55.8 cm³/mol. The van der Waals surface area contributed by atoms with Gasteiger partial charge in [-0.1, -0.05) is 19.9 Å². The largest absolute Gasteiger partial charge is 0.391 e. The fourth-order valence-corrected chi connectivity index (χ4v) is 1.76. The number of amides is 1. The number of hydrogen-bond donors (Lipinski definition) is 1. The Morgan fingerprint density at radius 1 is 1.57 bits per heavy atom. The second kappa shape index (κ2) is 4.60. The van der Waals surface area contributed by atoms with Crippen LogP contribution < -0.4 is 0 Å². The van der Waals surface area contributed by atoms with Crippen molar-refractivity contribution < 1.29 is 9.90 Å². The summed E-state index contributed by atoms with van der Waals surface area (Å²) in [6.45, 7) is 6.97. The predicted octanol–water partition coefficient (Wildman–Crippen LogP) is 1.18. The van der Waals surface area contributed by atoms with E-state index < -0.39 is 0 Å². The quantitative estimate of drug-likeness (QED) is 0.675. The first-order chi connectivity index (χ1) is 6.56. The summed E-state index contributed by atoms with van der Waals surface area (Å²) in [5.41, 5.74) is 0.786. The van der Waals surface area contributed by atoms with Gasteiger partial charge in [-0.2, -0.15) is 0 Å². The number of nitrogens with zero attached hydrogens (tertiary/aromatic N) is 1. The summed E-state index contributed by atoms with van der Waals surface area (Å²) in [7, 11) is 0. The topological polar surface area (TPSA) is 40.5 Å². The van der Waals surface area contributed by atoms with Gasteiger partial charge in [0.25, 0.3) is 0 Å². The first kappa shape index (κ1) is 11.2. The van der Waals surface area contributed by atoms with E-state index in [-0.39, 0.29) is 17.9 Å². The number of allylic oxidation sites excluding steroid dienone is 1. The average molecular weight is 197 g/mol. The van der Waals surface area contributed by atoms with Crippen molar-refractivity contribution in [1.82, 2.24) is 4.90 Å². The van der Waals surface area contributed by atoms with Crippen LogP contribution in [0.1, 0.15) is 27.2 Å². The van der Waals surface area contributed by atoms with Gasteiger partial charge in [0.2, 0.25) is 5.91 Å². The number of likely N-dealkylation sites (tertiary alicyclic amines) is 1. The van der Waals surface area contributed by atoms with Crippen molar-refractivity contribution in [3.05, 3.63) is 11.6 Å². The van der Waals surface area contributed by atoms with E-state index in [0.29, 0.717) is 13.1 Å². The summed E-state index contributed by atoms with van der Waals surface area (Å²) in [5, 5.41) is 9.52. The van der Waals surface area contributed by atoms with Crippen molar-refractivity contribution in [2.24, 2.45) is 5.92 Å². The molecule has 2 unspecified atom stereocenters. The lowest BCUT2D eigenvalue weighted by molar-refractivity contribution is -0.126. The monoisotopic (exact) mass is 197 g/mol. The SMILES string of the molecule is CC/C=C(/C)C(=O)N1CC(C)C(O)C1. The number of aliphatic hydroxyl groups is 1. The fraction of sp³-hybridized carbons (Fsp3) is 0.727. The molecule has 3 heteroatoms. The average Bonchev–Trinajstić information content (AvgIpc) is 2.46. The van der Waals surface area contributed by atoms with Crippen LogP contribution in [0.2, 0.25) is 0 Å². The molecule has 0 bridgehead atoms. The van der Waals surface area contributed by atoms with Crippen molar-refractivity contribution in [3.63, 3.8) is 0 Å². The van der Waals surface area contributed by atoms with E-state index in [4.69, 9.17) is 0 Å². The van der Waals surface area contributed by atoms with Gasteiger partial charge in [-0.15, -0.1) is 0 Å². The third-order valence-corrected chi connectivity index (χ3v) is 2.71. The smallest absolute Gasteiger partial charge is 0.249 e. The zero-order chi connectivity index (χ0) is 10.7. The first-order valence-corrected chi connectivity index (χ1v) is 5.20. The number of aliphatic hydroxyl groups excluding tert-OH is 1.